The predicted octanol–water partition coefficient (Wildman–Crippen LogP) is 10.2. The molecular formula is C42H27BN2S. The molecule has 10 rings (SSSR count). The van der Waals surface area contributed by atoms with E-state index in [1.54, 1.807) is 0 Å². The van der Waals surface area contributed by atoms with Crippen LogP contribution in [0.3, 0.4) is 0 Å². The van der Waals surface area contributed by atoms with Gasteiger partial charge in [-0.2, -0.15) is 0 Å². The zero-order valence-corrected chi connectivity index (χ0v) is 26.1. The molecule has 0 aliphatic heterocycles. The Hall–Kier alpha value is -5.58. The molecule has 3 heterocycles. The van der Waals surface area contributed by atoms with Crippen molar-refractivity contribution in [2.75, 3.05) is 0 Å². The molecule has 7 aromatic carbocycles. The summed E-state index contributed by atoms with van der Waals surface area (Å²) in [4.78, 5) is 0. The Morgan fingerprint density at radius 3 is 1.93 bits per heavy atom. The van der Waals surface area contributed by atoms with Crippen molar-refractivity contribution in [3.05, 3.63) is 152 Å². The van der Waals surface area contributed by atoms with Gasteiger partial charge in [0.1, 0.15) is 7.85 Å². The number of hydrogen-bond acceptors (Lipinski definition) is 1. The van der Waals surface area contributed by atoms with Crippen LogP contribution in [0, 0.1) is 0 Å². The van der Waals surface area contributed by atoms with Gasteiger partial charge in [0.25, 0.3) is 0 Å². The largest absolute Gasteiger partial charge is 0.309 e. The summed E-state index contributed by atoms with van der Waals surface area (Å²) in [6.45, 7) is 0. The molecule has 10 aromatic rings. The summed E-state index contributed by atoms with van der Waals surface area (Å²) < 4.78 is 7.56. The van der Waals surface area contributed by atoms with Crippen LogP contribution >= 0.6 is 11.3 Å². The molecule has 0 fully saturated rings. The maximum absolute atomic E-state index is 2.45. The predicted molar refractivity (Wildman–Crippen MR) is 202 cm³/mol. The molecule has 46 heavy (non-hydrogen) atoms. The van der Waals surface area contributed by atoms with Gasteiger partial charge in [0.15, 0.2) is 0 Å². The maximum atomic E-state index is 2.45. The Bertz CT molecular complexity index is 2820. The number of hydrogen-bond donors (Lipinski definition) is 0. The number of rotatable bonds is 3. The smallest absolute Gasteiger partial charge is 0.141 e. The van der Waals surface area contributed by atoms with Crippen molar-refractivity contribution in [3.8, 4) is 22.5 Å². The number of benzene rings is 7. The lowest BCUT2D eigenvalue weighted by atomic mass is 9.93. The van der Waals surface area contributed by atoms with Crippen LogP contribution in [-0.4, -0.2) is 17.0 Å². The van der Waals surface area contributed by atoms with Gasteiger partial charge in [-0.25, -0.2) is 0 Å². The monoisotopic (exact) mass is 602 g/mol. The molecule has 0 saturated heterocycles. The van der Waals surface area contributed by atoms with Crippen molar-refractivity contribution in [3.63, 3.8) is 0 Å². The molecule has 2 nitrogen and oxygen atoms in total. The molecule has 0 aliphatic carbocycles. The standard InChI is InChI=1S/C42H27BN2S/c43-35-25-28(24-34-31-14-6-9-20-40(31)46-42(34)35)45-36-17-7-4-13-30(36)33-23-26(21-22-38(33)45)29-16-10-19-39-41(29)32-15-5-8-18-37(32)44(39)27-11-2-1-3-12-27/h1-25H,43H2. The quantitative estimate of drug-likeness (QED) is 0.178. The topological polar surface area (TPSA) is 9.86 Å². The van der Waals surface area contributed by atoms with Crippen molar-refractivity contribution in [2.24, 2.45) is 0 Å². The van der Waals surface area contributed by atoms with E-state index in [1.165, 1.54) is 91.7 Å². The van der Waals surface area contributed by atoms with Gasteiger partial charge in [0, 0.05) is 53.1 Å². The molecule has 0 saturated carbocycles. The van der Waals surface area contributed by atoms with E-state index in [2.05, 4.69) is 169 Å². The highest BCUT2D eigenvalue weighted by molar-refractivity contribution is 7.26. The highest BCUT2D eigenvalue weighted by Crippen LogP contribution is 2.41. The second-order valence-electron chi connectivity index (χ2n) is 12.2. The van der Waals surface area contributed by atoms with Crippen LogP contribution in [-0.2, 0) is 0 Å². The van der Waals surface area contributed by atoms with Crippen molar-refractivity contribution < 1.29 is 0 Å². The number of fused-ring (bicyclic) bond motifs is 9. The highest BCUT2D eigenvalue weighted by Gasteiger charge is 2.19. The SMILES string of the molecule is Bc1cc(-n2c3ccccc3c3cc(-c4cccc5c4c4ccccc4n5-c4ccccc4)ccc32)cc2c1sc1ccccc12. The molecule has 0 bridgehead atoms. The minimum Gasteiger partial charge on any atom is -0.309 e. The van der Waals surface area contributed by atoms with Crippen LogP contribution in [0.1, 0.15) is 0 Å². The minimum absolute atomic E-state index is 1.18. The molecule has 3 aromatic heterocycles. The zero-order valence-electron chi connectivity index (χ0n) is 25.2. The summed E-state index contributed by atoms with van der Waals surface area (Å²) in [7, 11) is 2.25. The van der Waals surface area contributed by atoms with Crippen LogP contribution < -0.4 is 5.46 Å². The van der Waals surface area contributed by atoms with E-state index < -0.39 is 0 Å². The van der Waals surface area contributed by atoms with Crippen molar-refractivity contribution in [2.45, 2.75) is 0 Å². The lowest BCUT2D eigenvalue weighted by Gasteiger charge is -2.11. The van der Waals surface area contributed by atoms with E-state index in [4.69, 9.17) is 0 Å². The average Bonchev–Trinajstić information content (AvgIpc) is 3.76. The summed E-state index contributed by atoms with van der Waals surface area (Å²) in [6, 6.07) is 55.6. The Kier molecular flexibility index (Phi) is 5.43. The summed E-state index contributed by atoms with van der Waals surface area (Å²) in [5.74, 6) is 0. The van der Waals surface area contributed by atoms with Gasteiger partial charge < -0.3 is 9.13 Å². The fraction of sp³-hybridized carbons (Fsp3) is 0. The molecule has 0 aliphatic rings. The fourth-order valence-electron chi connectivity index (χ4n) is 7.64. The molecule has 0 atom stereocenters. The Balaban J connectivity index is 1.24. The first kappa shape index (κ1) is 25.7. The van der Waals surface area contributed by atoms with E-state index in [0.29, 0.717) is 0 Å². The van der Waals surface area contributed by atoms with Crippen molar-refractivity contribution in [1.82, 2.24) is 9.13 Å². The van der Waals surface area contributed by atoms with E-state index >= 15 is 0 Å². The van der Waals surface area contributed by atoms with Gasteiger partial charge in [-0.05, 0) is 71.8 Å². The molecule has 0 amide bonds. The van der Waals surface area contributed by atoms with E-state index in [9.17, 15) is 0 Å². The normalized spacial score (nSPS) is 12.0. The summed E-state index contributed by atoms with van der Waals surface area (Å²) in [6.07, 6.45) is 0. The van der Waals surface area contributed by atoms with Gasteiger partial charge in [-0.1, -0.05) is 96.5 Å². The van der Waals surface area contributed by atoms with Crippen LogP contribution in [0.5, 0.6) is 0 Å². The Labute approximate surface area is 270 Å². The molecule has 0 radical (unpaired) electrons. The fourth-order valence-corrected chi connectivity index (χ4v) is 8.79. The highest BCUT2D eigenvalue weighted by atomic mass is 32.1. The molecule has 0 spiro atoms. The first-order valence-electron chi connectivity index (χ1n) is 15.8. The lowest BCUT2D eigenvalue weighted by molar-refractivity contribution is 1.18. The van der Waals surface area contributed by atoms with Gasteiger partial charge in [0.05, 0.1) is 22.1 Å². The van der Waals surface area contributed by atoms with E-state index in [0.717, 1.165) is 0 Å². The second kappa shape index (κ2) is 9.71. The summed E-state index contributed by atoms with van der Waals surface area (Å²) >= 11 is 1.89. The maximum Gasteiger partial charge on any atom is 0.141 e. The first-order valence-corrected chi connectivity index (χ1v) is 16.6. The average molecular weight is 603 g/mol. The third-order valence-corrected chi connectivity index (χ3v) is 10.9. The Morgan fingerprint density at radius 2 is 1.09 bits per heavy atom. The van der Waals surface area contributed by atoms with Crippen LogP contribution in [0.2, 0.25) is 0 Å². The van der Waals surface area contributed by atoms with Gasteiger partial charge in [-0.3, -0.25) is 0 Å². The number of nitrogens with zero attached hydrogens (tertiary/aromatic N) is 2. The molecule has 0 N–H and O–H groups in total. The van der Waals surface area contributed by atoms with E-state index in [-0.39, 0.29) is 0 Å². The van der Waals surface area contributed by atoms with Crippen LogP contribution in [0.4, 0.5) is 0 Å². The molecule has 0 unspecified atom stereocenters. The zero-order chi connectivity index (χ0) is 30.4. The third-order valence-electron chi connectivity index (χ3n) is 9.60. The first-order chi connectivity index (χ1) is 22.7. The third kappa shape index (κ3) is 3.59. The van der Waals surface area contributed by atoms with Gasteiger partial charge >= 0.3 is 0 Å². The molecule has 214 valence electrons. The minimum atomic E-state index is 1.18. The number of para-hydroxylation sites is 3. The lowest BCUT2D eigenvalue weighted by Crippen LogP contribution is -2.05. The second-order valence-corrected chi connectivity index (χ2v) is 13.3. The van der Waals surface area contributed by atoms with Crippen molar-refractivity contribution >= 4 is 88.4 Å². The molecular weight excluding hydrogens is 575 g/mol. The number of aromatic nitrogens is 2. The van der Waals surface area contributed by atoms with Crippen LogP contribution in [0.15, 0.2) is 152 Å². The van der Waals surface area contributed by atoms with E-state index in [1.807, 2.05) is 11.3 Å². The van der Waals surface area contributed by atoms with Gasteiger partial charge in [-0.15, -0.1) is 11.3 Å². The van der Waals surface area contributed by atoms with Gasteiger partial charge in [0.2, 0.25) is 0 Å². The summed E-state index contributed by atoms with van der Waals surface area (Å²) in [5, 5.41) is 7.76. The number of thiophene rings is 1. The molecule has 4 heteroatoms. The Morgan fingerprint density at radius 1 is 0.435 bits per heavy atom. The van der Waals surface area contributed by atoms with Crippen LogP contribution in [0.25, 0.3) is 86.3 Å². The summed E-state index contributed by atoms with van der Waals surface area (Å²) in [5.41, 5.74) is 11.1. The van der Waals surface area contributed by atoms with Crippen molar-refractivity contribution in [1.29, 1.82) is 0 Å².